The van der Waals surface area contributed by atoms with E-state index in [9.17, 15) is 0 Å². The molecule has 9 rings (SSSR count). The van der Waals surface area contributed by atoms with Crippen molar-refractivity contribution in [3.05, 3.63) is 96.1 Å². The highest BCUT2D eigenvalue weighted by atomic mass is 15.2. The third-order valence-corrected chi connectivity index (χ3v) is 10.6. The maximum atomic E-state index is 4.88. The molecule has 0 spiro atoms. The van der Waals surface area contributed by atoms with Gasteiger partial charge in [-0.3, -0.25) is 15.0 Å². The average molecular weight is 593 g/mol. The van der Waals surface area contributed by atoms with E-state index in [0.29, 0.717) is 5.41 Å². The second-order valence-electron chi connectivity index (χ2n) is 13.4. The quantitative estimate of drug-likeness (QED) is 0.182. The fourth-order valence-corrected chi connectivity index (χ4v) is 8.25. The number of aromatic nitrogens is 5. The molecule has 3 N–H and O–H groups in total. The van der Waals surface area contributed by atoms with Crippen molar-refractivity contribution in [1.82, 2.24) is 29.8 Å². The van der Waals surface area contributed by atoms with Gasteiger partial charge in [-0.2, -0.15) is 0 Å². The summed E-state index contributed by atoms with van der Waals surface area (Å²) in [4.78, 5) is 24.9. The van der Waals surface area contributed by atoms with Crippen molar-refractivity contribution in [2.75, 3.05) is 17.7 Å². The SMILES string of the molecule is Cc1cc(Nc2ccc3nc(-c4ccc(Nc5cc(C)nc6ccc([C@]78C[C@H]9CC[C@@H]([C@H]7C8)N9C)cc56)cn4)[nH]c3c2)ccn1. The van der Waals surface area contributed by atoms with Gasteiger partial charge in [-0.1, -0.05) is 6.07 Å². The Balaban J connectivity index is 0.975. The minimum Gasteiger partial charge on any atom is -0.355 e. The number of fused-ring (bicyclic) bond motifs is 6. The maximum Gasteiger partial charge on any atom is 0.157 e. The molecule has 8 nitrogen and oxygen atoms in total. The number of aryl methyl sites for hydroxylation is 2. The smallest absolute Gasteiger partial charge is 0.157 e. The minimum atomic E-state index is 0.347. The molecule has 45 heavy (non-hydrogen) atoms. The van der Waals surface area contributed by atoms with E-state index < -0.39 is 0 Å². The molecule has 3 aliphatic rings. The molecule has 224 valence electrons. The number of anilines is 4. The van der Waals surface area contributed by atoms with Crippen LogP contribution >= 0.6 is 0 Å². The third kappa shape index (κ3) is 4.46. The van der Waals surface area contributed by atoms with Crippen LogP contribution in [-0.2, 0) is 5.41 Å². The summed E-state index contributed by atoms with van der Waals surface area (Å²) in [6.07, 6.45) is 9.01. The van der Waals surface area contributed by atoms with Crippen LogP contribution in [0.15, 0.2) is 79.1 Å². The molecule has 1 aliphatic carbocycles. The predicted octanol–water partition coefficient (Wildman–Crippen LogP) is 7.80. The number of piperidine rings is 1. The molecule has 2 aromatic carbocycles. The minimum absolute atomic E-state index is 0.347. The summed E-state index contributed by atoms with van der Waals surface area (Å²) < 4.78 is 0. The Bertz CT molecular complexity index is 2100. The Morgan fingerprint density at radius 3 is 2.53 bits per heavy atom. The van der Waals surface area contributed by atoms with Crippen LogP contribution in [0.5, 0.6) is 0 Å². The van der Waals surface area contributed by atoms with E-state index in [4.69, 9.17) is 15.0 Å². The van der Waals surface area contributed by atoms with Crippen molar-refractivity contribution in [2.45, 2.75) is 57.0 Å². The van der Waals surface area contributed by atoms with Crippen LogP contribution in [0.4, 0.5) is 22.7 Å². The van der Waals surface area contributed by atoms with E-state index in [-0.39, 0.29) is 0 Å². The third-order valence-electron chi connectivity index (χ3n) is 10.6. The van der Waals surface area contributed by atoms with Crippen LogP contribution in [0.25, 0.3) is 33.5 Å². The summed E-state index contributed by atoms with van der Waals surface area (Å²) in [6, 6.07) is 24.8. The lowest BCUT2D eigenvalue weighted by molar-refractivity contribution is 0.155. The Morgan fingerprint density at radius 2 is 1.67 bits per heavy atom. The van der Waals surface area contributed by atoms with Crippen LogP contribution in [0.2, 0.25) is 0 Å². The first-order valence-electron chi connectivity index (χ1n) is 16.0. The highest BCUT2D eigenvalue weighted by Crippen LogP contribution is 2.66. The summed E-state index contributed by atoms with van der Waals surface area (Å²) >= 11 is 0. The van der Waals surface area contributed by atoms with Gasteiger partial charge >= 0.3 is 0 Å². The number of benzene rings is 2. The van der Waals surface area contributed by atoms with Gasteiger partial charge in [-0.05, 0) is 119 Å². The molecule has 4 atom stereocenters. The topological polar surface area (TPSA) is 94.6 Å². The summed E-state index contributed by atoms with van der Waals surface area (Å²) in [6.45, 7) is 4.05. The second-order valence-corrected chi connectivity index (χ2v) is 13.4. The highest BCUT2D eigenvalue weighted by molar-refractivity contribution is 5.94. The first-order valence-corrected chi connectivity index (χ1v) is 16.0. The molecule has 0 radical (unpaired) electrons. The summed E-state index contributed by atoms with van der Waals surface area (Å²) in [5, 5.41) is 8.29. The molecular formula is C37H36N8. The number of nitrogens with one attached hydrogen (secondary N) is 3. The summed E-state index contributed by atoms with van der Waals surface area (Å²) in [5.74, 6) is 1.53. The number of pyridine rings is 3. The molecule has 1 saturated carbocycles. The van der Waals surface area contributed by atoms with E-state index >= 15 is 0 Å². The number of hydrogen-bond acceptors (Lipinski definition) is 7. The fraction of sp³-hybridized carbons (Fsp3) is 0.297. The van der Waals surface area contributed by atoms with E-state index in [1.807, 2.05) is 49.6 Å². The molecule has 4 aromatic heterocycles. The second kappa shape index (κ2) is 9.84. The zero-order chi connectivity index (χ0) is 30.3. The highest BCUT2D eigenvalue weighted by Gasteiger charge is 2.65. The fourth-order valence-electron chi connectivity index (χ4n) is 8.25. The van der Waals surface area contributed by atoms with Crippen molar-refractivity contribution in [3.63, 3.8) is 0 Å². The van der Waals surface area contributed by atoms with Crippen molar-refractivity contribution in [3.8, 4) is 11.5 Å². The van der Waals surface area contributed by atoms with E-state index in [0.717, 1.165) is 80.2 Å². The molecule has 8 heteroatoms. The lowest BCUT2D eigenvalue weighted by Gasteiger charge is -2.36. The molecule has 2 saturated heterocycles. The number of nitrogens with zero attached hydrogens (tertiary/aromatic N) is 5. The average Bonchev–Trinajstić information content (AvgIpc) is 3.51. The lowest BCUT2D eigenvalue weighted by atomic mass is 9.83. The van der Waals surface area contributed by atoms with Gasteiger partial charge in [0.1, 0.15) is 5.69 Å². The van der Waals surface area contributed by atoms with Gasteiger partial charge in [-0.15, -0.1) is 0 Å². The number of aromatic amines is 1. The molecule has 2 aliphatic heterocycles. The van der Waals surface area contributed by atoms with Crippen LogP contribution in [0, 0.1) is 19.8 Å². The zero-order valence-electron chi connectivity index (χ0n) is 25.8. The van der Waals surface area contributed by atoms with Gasteiger partial charge in [-0.25, -0.2) is 4.98 Å². The lowest BCUT2D eigenvalue weighted by Crippen LogP contribution is -2.42. The number of hydrogen-bond donors (Lipinski definition) is 3. The van der Waals surface area contributed by atoms with Gasteiger partial charge in [0.05, 0.1) is 28.4 Å². The number of imidazole rings is 1. The predicted molar refractivity (Wildman–Crippen MR) is 180 cm³/mol. The maximum absolute atomic E-state index is 4.88. The Hall–Kier alpha value is -4.82. The molecule has 0 unspecified atom stereocenters. The van der Waals surface area contributed by atoms with Gasteiger partial charge in [0.2, 0.25) is 0 Å². The van der Waals surface area contributed by atoms with Crippen molar-refractivity contribution in [2.24, 2.45) is 5.92 Å². The van der Waals surface area contributed by atoms with Crippen molar-refractivity contribution >= 4 is 44.7 Å². The Morgan fingerprint density at radius 1 is 0.800 bits per heavy atom. The number of H-pyrrole nitrogens is 1. The number of rotatable bonds is 6. The van der Waals surface area contributed by atoms with Crippen LogP contribution in [0.1, 0.15) is 42.6 Å². The van der Waals surface area contributed by atoms with Gasteiger partial charge in [0, 0.05) is 57.5 Å². The van der Waals surface area contributed by atoms with E-state index in [1.54, 1.807) is 0 Å². The van der Waals surface area contributed by atoms with Crippen molar-refractivity contribution < 1.29 is 0 Å². The normalized spacial score (nSPS) is 23.8. The first kappa shape index (κ1) is 26.6. The van der Waals surface area contributed by atoms with E-state index in [2.05, 4.69) is 75.9 Å². The summed E-state index contributed by atoms with van der Waals surface area (Å²) in [5.41, 5.74) is 11.5. The van der Waals surface area contributed by atoms with Gasteiger partial charge in [0.25, 0.3) is 0 Å². The standard InChI is InChI=1S/C37H36N8/c1-21-14-25(12-13-38-21)41-24-5-9-31-34(17-24)44-36(43-31)32-10-6-26(20-39-32)42-33-15-22(2)40-30-8-4-23(16-28(30)33)37-18-27-7-11-35(45(27)3)29(37)19-37/h4-6,8-10,12-17,20,27,29,35H,7,11,18-19H2,1-3H3,(H,38,41)(H,40,42)(H,43,44)/t27-,29-,35+,37-/m1/s1. The van der Waals surface area contributed by atoms with Crippen LogP contribution in [-0.4, -0.2) is 49.0 Å². The molecule has 3 fully saturated rings. The first-order chi connectivity index (χ1) is 21.9. The van der Waals surface area contributed by atoms with Gasteiger partial charge < -0.3 is 20.5 Å². The zero-order valence-corrected chi connectivity index (χ0v) is 25.8. The molecule has 0 amide bonds. The monoisotopic (exact) mass is 592 g/mol. The van der Waals surface area contributed by atoms with Crippen molar-refractivity contribution in [1.29, 1.82) is 0 Å². The summed E-state index contributed by atoms with van der Waals surface area (Å²) in [7, 11) is 2.34. The molecule has 6 aromatic rings. The van der Waals surface area contributed by atoms with Crippen LogP contribution < -0.4 is 10.6 Å². The molecule has 6 heterocycles. The molecular weight excluding hydrogens is 556 g/mol. The van der Waals surface area contributed by atoms with Gasteiger partial charge in [0.15, 0.2) is 5.82 Å². The molecule has 2 bridgehead atoms. The van der Waals surface area contributed by atoms with E-state index in [1.165, 1.54) is 36.6 Å². The Labute approximate surface area is 262 Å². The Kier molecular flexibility index (Phi) is 5.81. The largest absolute Gasteiger partial charge is 0.355 e. The van der Waals surface area contributed by atoms with Crippen LogP contribution in [0.3, 0.4) is 0 Å².